The van der Waals surface area contributed by atoms with Gasteiger partial charge in [0.2, 0.25) is 0 Å². The van der Waals surface area contributed by atoms with Crippen molar-refractivity contribution < 1.29 is 19.1 Å². The molecule has 1 aliphatic rings. The second-order valence-electron chi connectivity index (χ2n) is 19.7. The summed E-state index contributed by atoms with van der Waals surface area (Å²) in [6.07, 6.45) is 36.5. The van der Waals surface area contributed by atoms with E-state index in [1.807, 2.05) is 11.9 Å². The van der Waals surface area contributed by atoms with E-state index in [1.165, 1.54) is 107 Å². The Hall–Kier alpha value is -2.82. The lowest BCUT2D eigenvalue weighted by atomic mass is 9.94. The van der Waals surface area contributed by atoms with E-state index in [4.69, 9.17) is 9.47 Å². The van der Waals surface area contributed by atoms with Crippen molar-refractivity contribution in [3.63, 3.8) is 0 Å². The summed E-state index contributed by atoms with van der Waals surface area (Å²) in [7, 11) is 5.22. The number of carbonyl (C=O) groups is 2. The van der Waals surface area contributed by atoms with Gasteiger partial charge >= 0.3 is 17.6 Å². The first-order valence-corrected chi connectivity index (χ1v) is 27.4. The van der Waals surface area contributed by atoms with Crippen molar-refractivity contribution in [1.29, 1.82) is 0 Å². The molecule has 0 fully saturated rings. The Balaban J connectivity index is 1.87. The fourth-order valence-corrected chi connectivity index (χ4v) is 9.58. The van der Waals surface area contributed by atoms with Gasteiger partial charge < -0.3 is 24.2 Å². The molecule has 2 heterocycles. The molecule has 0 radical (unpaired) electrons. The Morgan fingerprint density at radius 3 is 1.29 bits per heavy atom. The number of nitrogens with zero attached hydrogens (tertiary/aromatic N) is 5. The molecule has 0 saturated heterocycles. The van der Waals surface area contributed by atoms with Gasteiger partial charge in [-0.1, -0.05) is 182 Å². The molecule has 0 N–H and O–H groups in total. The van der Waals surface area contributed by atoms with Crippen LogP contribution in [-0.2, 0) is 33.2 Å². The van der Waals surface area contributed by atoms with Crippen LogP contribution in [0.25, 0.3) is 0 Å². The van der Waals surface area contributed by atoms with Crippen molar-refractivity contribution in [3.8, 4) is 0 Å². The third kappa shape index (κ3) is 24.2. The molecule has 0 bridgehead atoms. The molecule has 0 amide bonds. The average Bonchev–Trinajstić information content (AvgIpc) is 3.64. The molecule has 0 aliphatic carbocycles. The molecular weight excluding hydrogens is 815 g/mol. The van der Waals surface area contributed by atoms with Gasteiger partial charge in [-0.05, 0) is 64.5 Å². The highest BCUT2D eigenvalue weighted by molar-refractivity contribution is 5.73. The van der Waals surface area contributed by atoms with E-state index in [0.29, 0.717) is 31.4 Å². The quantitative estimate of drug-likeness (QED) is 0.0467. The number of aromatic nitrogens is 2. The lowest BCUT2D eigenvalue weighted by Gasteiger charge is -2.27. The van der Waals surface area contributed by atoms with E-state index in [9.17, 15) is 19.2 Å². The largest absolute Gasteiger partial charge is 0.465 e. The predicted octanol–water partition coefficient (Wildman–Crippen LogP) is 12.5. The fraction of sp³-hybridized carbons (Fsp3) is 0.889. The summed E-state index contributed by atoms with van der Waals surface area (Å²) in [6, 6.07) is 0. The van der Waals surface area contributed by atoms with E-state index < -0.39 is 0 Å². The smallest absolute Gasteiger partial charge is 0.332 e. The molecule has 1 aromatic rings. The molecule has 378 valence electrons. The summed E-state index contributed by atoms with van der Waals surface area (Å²) in [5, 5.41) is 0. The van der Waals surface area contributed by atoms with Gasteiger partial charge in [-0.15, -0.1) is 0 Å². The van der Waals surface area contributed by atoms with Crippen LogP contribution in [0.1, 0.15) is 233 Å². The number of esters is 2. The zero-order valence-electron chi connectivity index (χ0n) is 43.4. The molecule has 0 spiro atoms. The molecule has 1 aliphatic heterocycles. The monoisotopic (exact) mass is 916 g/mol. The van der Waals surface area contributed by atoms with Crippen LogP contribution >= 0.6 is 0 Å². The Kier molecular flexibility index (Phi) is 33.4. The molecule has 65 heavy (non-hydrogen) atoms. The van der Waals surface area contributed by atoms with Crippen LogP contribution in [0.15, 0.2) is 9.59 Å². The first-order chi connectivity index (χ1) is 31.6. The summed E-state index contributed by atoms with van der Waals surface area (Å²) < 4.78 is 14.6. The average molecular weight is 916 g/mol. The Labute approximate surface area is 398 Å². The topological polar surface area (TPSA) is 106 Å². The van der Waals surface area contributed by atoms with Crippen molar-refractivity contribution in [2.45, 2.75) is 233 Å². The van der Waals surface area contributed by atoms with Crippen LogP contribution < -0.4 is 21.0 Å². The third-order valence-corrected chi connectivity index (χ3v) is 13.9. The summed E-state index contributed by atoms with van der Waals surface area (Å²) in [6.45, 7) is 14.1. The number of fused-ring (bicyclic) bond motifs is 1. The molecule has 0 aromatic carbocycles. The summed E-state index contributed by atoms with van der Waals surface area (Å²) in [4.78, 5) is 59.0. The number of hydrogen-bond acceptors (Lipinski definition) is 9. The van der Waals surface area contributed by atoms with Gasteiger partial charge in [-0.3, -0.25) is 23.5 Å². The number of anilines is 2. The van der Waals surface area contributed by atoms with Crippen LogP contribution in [-0.4, -0.2) is 79.1 Å². The van der Waals surface area contributed by atoms with E-state index in [0.717, 1.165) is 129 Å². The normalized spacial score (nSPS) is 13.5. The van der Waals surface area contributed by atoms with Gasteiger partial charge in [0.05, 0.1) is 31.7 Å². The summed E-state index contributed by atoms with van der Waals surface area (Å²) in [5.41, 5.74) is 0.0303. The Morgan fingerprint density at radius 2 is 0.862 bits per heavy atom. The molecular formula is C54H101N5O6. The SMILES string of the molecule is CCCCCCCCC(CCCCCC)C(=O)OCCCCCCN(CCCCCCOC(=O)C(CCCCCC)CCCCCCCC)CCN1CN(C)c2c1n(C)c(=O)n(C)c2=O. The van der Waals surface area contributed by atoms with Crippen molar-refractivity contribution in [2.24, 2.45) is 25.9 Å². The van der Waals surface area contributed by atoms with Gasteiger partial charge in [-0.25, -0.2) is 4.79 Å². The minimum Gasteiger partial charge on any atom is -0.465 e. The maximum absolute atomic E-state index is 13.2. The van der Waals surface area contributed by atoms with E-state index >= 15 is 0 Å². The second kappa shape index (κ2) is 37.2. The van der Waals surface area contributed by atoms with Crippen LogP contribution in [0.3, 0.4) is 0 Å². The maximum atomic E-state index is 13.2. The fourth-order valence-electron chi connectivity index (χ4n) is 9.58. The van der Waals surface area contributed by atoms with Crippen molar-refractivity contribution >= 4 is 23.4 Å². The van der Waals surface area contributed by atoms with E-state index in [2.05, 4.69) is 37.5 Å². The van der Waals surface area contributed by atoms with Crippen molar-refractivity contribution in [3.05, 3.63) is 20.8 Å². The standard InChI is InChI=1S/C54H101N5O6/c1-8-12-16-20-22-30-38-47(36-28-18-14-10-3)52(61)64-44-34-26-24-32-40-58(42-43-59-46-55(5)49-50(59)56(6)54(63)57(7)51(49)60)41-33-25-27-35-45-65-53(62)48(37-29-19-15-11-4)39-31-23-21-17-13-9-2/h47-48H,8-46H2,1-7H3. The number of ether oxygens (including phenoxy) is 2. The molecule has 11 heteroatoms. The maximum Gasteiger partial charge on any atom is 0.332 e. The second-order valence-corrected chi connectivity index (χ2v) is 19.7. The molecule has 2 unspecified atom stereocenters. The van der Waals surface area contributed by atoms with E-state index in [-0.39, 0.29) is 35.0 Å². The minimum atomic E-state index is -0.303. The number of unbranched alkanes of at least 4 members (excludes halogenated alkanes) is 22. The van der Waals surface area contributed by atoms with Gasteiger partial charge in [-0.2, -0.15) is 0 Å². The number of rotatable bonds is 43. The number of hydrogen-bond donors (Lipinski definition) is 0. The first-order valence-electron chi connectivity index (χ1n) is 27.4. The third-order valence-electron chi connectivity index (χ3n) is 13.9. The van der Waals surface area contributed by atoms with Gasteiger partial charge in [0.1, 0.15) is 11.5 Å². The van der Waals surface area contributed by atoms with Gasteiger partial charge in [0, 0.05) is 34.2 Å². The summed E-state index contributed by atoms with van der Waals surface area (Å²) in [5.74, 6) is 0.844. The first kappa shape index (κ1) is 58.3. The Morgan fingerprint density at radius 1 is 0.492 bits per heavy atom. The van der Waals surface area contributed by atoms with Crippen molar-refractivity contribution in [1.82, 2.24) is 14.0 Å². The van der Waals surface area contributed by atoms with Crippen LogP contribution in [0, 0.1) is 11.8 Å². The van der Waals surface area contributed by atoms with E-state index in [1.54, 1.807) is 18.7 Å². The molecule has 1 aromatic heterocycles. The van der Waals surface area contributed by atoms with Crippen LogP contribution in [0.4, 0.5) is 11.5 Å². The molecule has 11 nitrogen and oxygen atoms in total. The zero-order chi connectivity index (χ0) is 47.5. The molecule has 2 atom stereocenters. The zero-order valence-corrected chi connectivity index (χ0v) is 43.4. The lowest BCUT2D eigenvalue weighted by Crippen LogP contribution is -2.40. The molecule has 2 rings (SSSR count). The van der Waals surface area contributed by atoms with Crippen molar-refractivity contribution in [2.75, 3.05) is 62.9 Å². The van der Waals surface area contributed by atoms with Crippen LogP contribution in [0.5, 0.6) is 0 Å². The number of carbonyl (C=O) groups excluding carboxylic acids is 2. The molecule has 0 saturated carbocycles. The Bertz CT molecular complexity index is 1440. The van der Waals surface area contributed by atoms with Crippen LogP contribution in [0.2, 0.25) is 0 Å². The lowest BCUT2D eigenvalue weighted by molar-refractivity contribution is -0.150. The highest BCUT2D eigenvalue weighted by Crippen LogP contribution is 2.30. The predicted molar refractivity (Wildman–Crippen MR) is 273 cm³/mol. The minimum absolute atomic E-state index is 0.0226. The van der Waals surface area contributed by atoms with Gasteiger partial charge in [0.25, 0.3) is 5.56 Å². The highest BCUT2D eigenvalue weighted by atomic mass is 16.5. The summed E-state index contributed by atoms with van der Waals surface area (Å²) >= 11 is 0. The highest BCUT2D eigenvalue weighted by Gasteiger charge is 2.31. The van der Waals surface area contributed by atoms with Gasteiger partial charge in [0.15, 0.2) is 0 Å².